The zero-order valence-corrected chi connectivity index (χ0v) is 14.7. The van der Waals surface area contributed by atoms with Crippen LogP contribution in [-0.2, 0) is 11.2 Å². The molecule has 0 amide bonds. The summed E-state index contributed by atoms with van der Waals surface area (Å²) in [6.07, 6.45) is 0.647. The summed E-state index contributed by atoms with van der Waals surface area (Å²) in [5.41, 5.74) is 3.47. The monoisotopic (exact) mass is 321 g/mol. The largest absolute Gasteiger partial charge is 0.443 e. The van der Waals surface area contributed by atoms with E-state index in [-0.39, 0.29) is 6.09 Å². The van der Waals surface area contributed by atoms with Gasteiger partial charge in [-0.2, -0.15) is 0 Å². The number of hydrogen-bond donors (Lipinski definition) is 0. The Bertz CT molecular complexity index is 867. The molecule has 2 aromatic carbocycles. The number of nitrogens with zero attached hydrogens (tertiary/aromatic N) is 1. The third-order valence-electron chi connectivity index (χ3n) is 3.94. The molecule has 0 N–H and O–H groups in total. The molecule has 3 heteroatoms. The maximum absolute atomic E-state index is 12.8. The molecular formula is C21H23NO2. The number of rotatable bonds is 2. The molecule has 0 fully saturated rings. The van der Waals surface area contributed by atoms with Gasteiger partial charge in [-0.05, 0) is 50.5 Å². The zero-order chi connectivity index (χ0) is 17.3. The number of aryl methyl sites for hydroxylation is 1. The first-order chi connectivity index (χ1) is 11.4. The molecule has 3 nitrogen and oxygen atoms in total. The highest BCUT2D eigenvalue weighted by atomic mass is 16.6. The fourth-order valence-electron chi connectivity index (χ4n) is 2.78. The van der Waals surface area contributed by atoms with Crippen LogP contribution in [0.25, 0.3) is 22.2 Å². The van der Waals surface area contributed by atoms with Crippen molar-refractivity contribution in [1.82, 2.24) is 4.57 Å². The summed E-state index contributed by atoms with van der Waals surface area (Å²) in [4.78, 5) is 12.8. The minimum atomic E-state index is -0.536. The summed E-state index contributed by atoms with van der Waals surface area (Å²) in [5.74, 6) is 0. The van der Waals surface area contributed by atoms with Crippen molar-refractivity contribution >= 4 is 17.0 Å². The van der Waals surface area contributed by atoms with Gasteiger partial charge in [0.15, 0.2) is 0 Å². The van der Waals surface area contributed by atoms with Gasteiger partial charge in [0.25, 0.3) is 0 Å². The van der Waals surface area contributed by atoms with E-state index in [1.807, 2.05) is 51.1 Å². The number of benzene rings is 2. The van der Waals surface area contributed by atoms with E-state index in [2.05, 4.69) is 31.2 Å². The lowest BCUT2D eigenvalue weighted by molar-refractivity contribution is 0.0547. The molecule has 3 aromatic rings. The molecule has 24 heavy (non-hydrogen) atoms. The van der Waals surface area contributed by atoms with Crippen LogP contribution in [-0.4, -0.2) is 16.3 Å². The topological polar surface area (TPSA) is 31.2 Å². The molecule has 124 valence electrons. The number of ether oxygens (including phenoxy) is 1. The molecule has 0 saturated carbocycles. The van der Waals surface area contributed by atoms with Crippen LogP contribution in [0.15, 0.2) is 54.6 Å². The van der Waals surface area contributed by atoms with Crippen molar-refractivity contribution in [3.05, 3.63) is 60.2 Å². The van der Waals surface area contributed by atoms with E-state index in [4.69, 9.17) is 4.74 Å². The summed E-state index contributed by atoms with van der Waals surface area (Å²) in [6.45, 7) is 7.78. The van der Waals surface area contributed by atoms with Crippen molar-refractivity contribution in [1.29, 1.82) is 0 Å². The highest BCUT2D eigenvalue weighted by Crippen LogP contribution is 2.29. The van der Waals surface area contributed by atoms with Crippen molar-refractivity contribution in [3.8, 4) is 11.3 Å². The lowest BCUT2D eigenvalue weighted by atomic mass is 10.1. The molecule has 0 bridgehead atoms. The zero-order valence-electron chi connectivity index (χ0n) is 14.7. The van der Waals surface area contributed by atoms with Gasteiger partial charge in [-0.25, -0.2) is 9.36 Å². The van der Waals surface area contributed by atoms with Crippen molar-refractivity contribution in [2.75, 3.05) is 0 Å². The maximum atomic E-state index is 12.8. The van der Waals surface area contributed by atoms with Crippen LogP contribution in [0.1, 0.15) is 33.3 Å². The first-order valence-electron chi connectivity index (χ1n) is 8.32. The Morgan fingerprint density at radius 3 is 2.33 bits per heavy atom. The van der Waals surface area contributed by atoms with E-state index >= 15 is 0 Å². The third kappa shape index (κ3) is 3.21. The fraction of sp³-hybridized carbons (Fsp3) is 0.286. The Labute approximate surface area is 142 Å². The van der Waals surface area contributed by atoms with Gasteiger partial charge in [-0.1, -0.05) is 49.4 Å². The van der Waals surface area contributed by atoms with Gasteiger partial charge in [0.1, 0.15) is 5.60 Å². The summed E-state index contributed by atoms with van der Waals surface area (Å²) < 4.78 is 7.29. The van der Waals surface area contributed by atoms with Crippen LogP contribution in [0.2, 0.25) is 0 Å². The molecular weight excluding hydrogens is 298 g/mol. The Hall–Kier alpha value is -2.55. The molecule has 3 rings (SSSR count). The molecule has 0 unspecified atom stereocenters. The predicted molar refractivity (Wildman–Crippen MR) is 98.4 cm³/mol. The second-order valence-electron chi connectivity index (χ2n) is 6.95. The third-order valence-corrected chi connectivity index (χ3v) is 3.94. The summed E-state index contributed by atoms with van der Waals surface area (Å²) in [7, 11) is 0. The summed E-state index contributed by atoms with van der Waals surface area (Å²) >= 11 is 0. The van der Waals surface area contributed by atoms with Crippen LogP contribution in [0.5, 0.6) is 0 Å². The first kappa shape index (κ1) is 16.3. The molecule has 0 spiro atoms. The SMILES string of the molecule is CCc1ccc(-c2cc3ccccc3n2C(=O)OC(C)(C)C)cc1. The predicted octanol–water partition coefficient (Wildman–Crippen LogP) is 5.65. The van der Waals surface area contributed by atoms with Gasteiger partial charge in [0.05, 0.1) is 11.2 Å². The quantitative estimate of drug-likeness (QED) is 0.610. The second-order valence-corrected chi connectivity index (χ2v) is 6.95. The molecule has 0 aliphatic rings. The van der Waals surface area contributed by atoms with E-state index in [0.29, 0.717) is 0 Å². The van der Waals surface area contributed by atoms with Crippen molar-refractivity contribution in [2.24, 2.45) is 0 Å². The average Bonchev–Trinajstić information content (AvgIpc) is 2.93. The molecule has 0 radical (unpaired) electrons. The molecule has 0 saturated heterocycles. The number of hydrogen-bond acceptors (Lipinski definition) is 2. The van der Waals surface area contributed by atoms with Crippen LogP contribution >= 0.6 is 0 Å². The number of fused-ring (bicyclic) bond motifs is 1. The Balaban J connectivity index is 2.15. The van der Waals surface area contributed by atoms with E-state index in [9.17, 15) is 4.79 Å². The lowest BCUT2D eigenvalue weighted by Gasteiger charge is -2.21. The van der Waals surface area contributed by atoms with Crippen LogP contribution in [0.4, 0.5) is 4.79 Å². The lowest BCUT2D eigenvalue weighted by Crippen LogP contribution is -2.27. The van der Waals surface area contributed by atoms with E-state index in [1.54, 1.807) is 4.57 Å². The maximum Gasteiger partial charge on any atom is 0.419 e. The minimum Gasteiger partial charge on any atom is -0.443 e. The van der Waals surface area contributed by atoms with Gasteiger partial charge in [0.2, 0.25) is 0 Å². The van der Waals surface area contributed by atoms with Gasteiger partial charge in [-0.15, -0.1) is 0 Å². The number of carbonyl (C=O) groups excluding carboxylic acids is 1. The standard InChI is InChI=1S/C21H23NO2/c1-5-15-10-12-16(13-11-15)19-14-17-8-6-7-9-18(17)22(19)20(23)24-21(2,3)4/h6-14H,5H2,1-4H3. The van der Waals surface area contributed by atoms with Crippen molar-refractivity contribution in [3.63, 3.8) is 0 Å². The molecule has 0 aliphatic heterocycles. The minimum absolute atomic E-state index is 0.349. The number of para-hydroxylation sites is 1. The molecule has 0 aliphatic carbocycles. The highest BCUT2D eigenvalue weighted by Gasteiger charge is 2.22. The molecule has 1 heterocycles. The first-order valence-corrected chi connectivity index (χ1v) is 8.32. The molecule has 0 atom stereocenters. The average molecular weight is 321 g/mol. The number of carbonyl (C=O) groups is 1. The van der Waals surface area contributed by atoms with Gasteiger partial charge in [-0.3, -0.25) is 0 Å². The summed E-state index contributed by atoms with van der Waals surface area (Å²) in [5, 5.41) is 1.03. The Kier molecular flexibility index (Phi) is 4.18. The normalized spacial score (nSPS) is 11.7. The smallest absolute Gasteiger partial charge is 0.419 e. The fourth-order valence-corrected chi connectivity index (χ4v) is 2.78. The van der Waals surface area contributed by atoms with Gasteiger partial charge in [0, 0.05) is 5.39 Å². The van der Waals surface area contributed by atoms with E-state index < -0.39 is 5.60 Å². The number of aromatic nitrogens is 1. The van der Waals surface area contributed by atoms with E-state index in [0.717, 1.165) is 28.6 Å². The highest BCUT2D eigenvalue weighted by molar-refractivity contribution is 5.96. The van der Waals surface area contributed by atoms with Gasteiger partial charge < -0.3 is 4.74 Å². The van der Waals surface area contributed by atoms with Crippen molar-refractivity contribution < 1.29 is 9.53 Å². The van der Waals surface area contributed by atoms with Crippen molar-refractivity contribution in [2.45, 2.75) is 39.7 Å². The summed E-state index contributed by atoms with van der Waals surface area (Å²) in [6, 6.07) is 18.3. The van der Waals surface area contributed by atoms with E-state index in [1.165, 1.54) is 5.56 Å². The van der Waals surface area contributed by atoms with Gasteiger partial charge >= 0.3 is 6.09 Å². The Morgan fingerprint density at radius 2 is 1.71 bits per heavy atom. The van der Waals surface area contributed by atoms with Crippen LogP contribution in [0.3, 0.4) is 0 Å². The Morgan fingerprint density at radius 1 is 1.04 bits per heavy atom. The van der Waals surface area contributed by atoms with Crippen LogP contribution in [0, 0.1) is 0 Å². The van der Waals surface area contributed by atoms with Crippen LogP contribution < -0.4 is 0 Å². The molecule has 1 aromatic heterocycles. The second kappa shape index (κ2) is 6.16.